The number of halogens is 2. The number of pyridine rings is 1. The lowest BCUT2D eigenvalue weighted by atomic mass is 9.98. The Morgan fingerprint density at radius 3 is 2.50 bits per heavy atom. The summed E-state index contributed by atoms with van der Waals surface area (Å²) in [5, 5.41) is 10.4. The summed E-state index contributed by atoms with van der Waals surface area (Å²) in [5.41, 5.74) is -0.483. The molecule has 0 aliphatic carbocycles. The molecule has 1 N–H and O–H groups in total. The van der Waals surface area contributed by atoms with Crippen molar-refractivity contribution >= 4 is 16.9 Å². The molecule has 5 rings (SSSR count). The molecule has 40 heavy (non-hydrogen) atoms. The maximum absolute atomic E-state index is 15.7. The molecular weight excluding hydrogens is 518 g/mol. The van der Waals surface area contributed by atoms with E-state index in [-0.39, 0.29) is 46.4 Å². The number of phenols is 1. The summed E-state index contributed by atoms with van der Waals surface area (Å²) >= 11 is 0. The third-order valence-electron chi connectivity index (χ3n) is 7.30. The van der Waals surface area contributed by atoms with Crippen LogP contribution in [-0.4, -0.2) is 43.1 Å². The minimum absolute atomic E-state index is 0.0686. The highest BCUT2D eigenvalue weighted by Crippen LogP contribution is 2.36. The van der Waals surface area contributed by atoms with Gasteiger partial charge in [0.25, 0.3) is 0 Å². The minimum Gasteiger partial charge on any atom is -0.507 e. The zero-order chi connectivity index (χ0) is 28.9. The van der Waals surface area contributed by atoms with Crippen molar-refractivity contribution in [2.24, 2.45) is 5.92 Å². The van der Waals surface area contributed by atoms with E-state index in [0.29, 0.717) is 30.0 Å². The van der Waals surface area contributed by atoms with Crippen molar-refractivity contribution in [3.63, 3.8) is 0 Å². The number of fused-ring (bicyclic) bond motifs is 1. The lowest BCUT2D eigenvalue weighted by molar-refractivity contribution is -0.132. The maximum Gasteiger partial charge on any atom is 0.321 e. The van der Waals surface area contributed by atoms with Crippen LogP contribution in [-0.2, 0) is 11.3 Å². The van der Waals surface area contributed by atoms with Gasteiger partial charge in [0.2, 0.25) is 5.91 Å². The lowest BCUT2D eigenvalue weighted by Crippen LogP contribution is -2.52. The molecule has 0 atom stereocenters. The molecule has 0 radical (unpaired) electrons. The topological polar surface area (TPSA) is 97.4 Å². The van der Waals surface area contributed by atoms with Crippen LogP contribution in [0.2, 0.25) is 0 Å². The van der Waals surface area contributed by atoms with Crippen molar-refractivity contribution in [2.45, 2.75) is 33.2 Å². The molecule has 2 aromatic heterocycles. The second kappa shape index (κ2) is 10.2. The fourth-order valence-corrected chi connectivity index (χ4v) is 5.29. The summed E-state index contributed by atoms with van der Waals surface area (Å²) in [4.78, 5) is 45.3. The number of aryl methyl sites for hydroxylation is 1. The van der Waals surface area contributed by atoms with E-state index in [9.17, 15) is 23.9 Å². The zero-order valence-electron chi connectivity index (χ0n) is 22.3. The van der Waals surface area contributed by atoms with Crippen molar-refractivity contribution in [2.75, 3.05) is 13.1 Å². The van der Waals surface area contributed by atoms with Gasteiger partial charge in [-0.25, -0.2) is 8.78 Å². The van der Waals surface area contributed by atoms with Crippen molar-refractivity contribution in [1.82, 2.24) is 19.0 Å². The van der Waals surface area contributed by atoms with Crippen LogP contribution >= 0.6 is 0 Å². The van der Waals surface area contributed by atoms with Gasteiger partial charge in [-0.1, -0.05) is 26.5 Å². The van der Waals surface area contributed by atoms with Crippen LogP contribution in [0.1, 0.15) is 31.0 Å². The standard InChI is InChI=1S/C30H28F2N4O4/c1-5-25(38)34-13-18(14-34)15-35-22-12-21(32)19(26-20(31)7-6-8-24(26)37)11-23(22)36(30(40)29(35)39)28-17(4)9-10-33-27(28)16(2)3/h5-12,16,18,37H,1,13-15H2,2-4H3. The predicted octanol–water partition coefficient (Wildman–Crippen LogP) is 4.27. The van der Waals surface area contributed by atoms with E-state index in [4.69, 9.17) is 0 Å². The van der Waals surface area contributed by atoms with Crippen LogP contribution in [0.25, 0.3) is 27.8 Å². The number of likely N-dealkylation sites (tertiary alicyclic amines) is 1. The molecule has 8 nitrogen and oxygen atoms in total. The summed E-state index contributed by atoms with van der Waals surface area (Å²) in [5.74, 6) is -2.71. The molecule has 4 aromatic rings. The van der Waals surface area contributed by atoms with Crippen LogP contribution in [0.5, 0.6) is 5.75 Å². The monoisotopic (exact) mass is 546 g/mol. The van der Waals surface area contributed by atoms with Gasteiger partial charge in [0.15, 0.2) is 0 Å². The highest BCUT2D eigenvalue weighted by molar-refractivity contribution is 5.88. The molecule has 1 fully saturated rings. The number of benzene rings is 2. The SMILES string of the molecule is C=CC(=O)N1CC(Cn2c(=O)c(=O)n(-c3c(C)ccnc3C(C)C)c3cc(-c4c(O)cccc4F)c(F)cc32)C1. The van der Waals surface area contributed by atoms with E-state index in [1.807, 2.05) is 13.8 Å². The number of carbonyl (C=O) groups excluding carboxylic acids is 1. The Bertz CT molecular complexity index is 1780. The van der Waals surface area contributed by atoms with Crippen molar-refractivity contribution in [3.05, 3.63) is 98.8 Å². The van der Waals surface area contributed by atoms with Crippen LogP contribution in [0.15, 0.2) is 64.8 Å². The minimum atomic E-state index is -0.879. The van der Waals surface area contributed by atoms with E-state index in [2.05, 4.69) is 11.6 Å². The number of aromatic nitrogens is 3. The molecule has 0 bridgehead atoms. The van der Waals surface area contributed by atoms with Gasteiger partial charge >= 0.3 is 11.1 Å². The molecule has 206 valence electrons. The van der Waals surface area contributed by atoms with Gasteiger partial charge < -0.3 is 14.6 Å². The van der Waals surface area contributed by atoms with E-state index >= 15 is 4.39 Å². The highest BCUT2D eigenvalue weighted by Gasteiger charge is 2.31. The average Bonchev–Trinajstić information content (AvgIpc) is 2.88. The number of hydrogen-bond acceptors (Lipinski definition) is 5. The summed E-state index contributed by atoms with van der Waals surface area (Å²) < 4.78 is 33.0. The van der Waals surface area contributed by atoms with Gasteiger partial charge in [-0.15, -0.1) is 0 Å². The summed E-state index contributed by atoms with van der Waals surface area (Å²) in [7, 11) is 0. The van der Waals surface area contributed by atoms with Gasteiger partial charge in [0.1, 0.15) is 17.4 Å². The van der Waals surface area contributed by atoms with E-state index in [0.717, 1.165) is 12.1 Å². The third kappa shape index (κ3) is 4.39. The number of nitrogens with zero attached hydrogens (tertiary/aromatic N) is 4. The summed E-state index contributed by atoms with van der Waals surface area (Å²) in [6.45, 7) is 9.82. The number of hydrogen-bond donors (Lipinski definition) is 1. The largest absolute Gasteiger partial charge is 0.507 e. The van der Waals surface area contributed by atoms with Crippen LogP contribution in [0, 0.1) is 24.5 Å². The number of amides is 1. The number of carbonyl (C=O) groups is 1. The normalized spacial score (nSPS) is 13.6. The molecule has 2 aromatic carbocycles. The summed E-state index contributed by atoms with van der Waals surface area (Å²) in [6, 6.07) is 7.71. The maximum atomic E-state index is 15.7. The van der Waals surface area contributed by atoms with Gasteiger partial charge in [-0.05, 0) is 48.7 Å². The van der Waals surface area contributed by atoms with E-state index in [1.54, 1.807) is 24.1 Å². The van der Waals surface area contributed by atoms with Crippen molar-refractivity contribution in [1.29, 1.82) is 0 Å². The van der Waals surface area contributed by atoms with Gasteiger partial charge in [0.05, 0.1) is 28.0 Å². The Kier molecular flexibility index (Phi) is 6.87. The van der Waals surface area contributed by atoms with E-state index in [1.165, 1.54) is 33.4 Å². The first-order valence-electron chi connectivity index (χ1n) is 12.9. The molecule has 0 spiro atoms. The molecular formula is C30H28F2N4O4. The molecule has 10 heteroatoms. The fourth-order valence-electron chi connectivity index (χ4n) is 5.29. The Morgan fingerprint density at radius 1 is 1.12 bits per heavy atom. The van der Waals surface area contributed by atoms with Gasteiger partial charge in [0, 0.05) is 43.4 Å². The molecule has 1 aliphatic rings. The van der Waals surface area contributed by atoms with Crippen LogP contribution in [0.3, 0.4) is 0 Å². The lowest BCUT2D eigenvalue weighted by Gasteiger charge is -2.39. The Hall–Kier alpha value is -4.60. The number of phenolic OH excluding ortho intramolecular Hbond substituents is 1. The molecule has 0 saturated carbocycles. The van der Waals surface area contributed by atoms with Crippen molar-refractivity contribution in [3.8, 4) is 22.6 Å². The Balaban J connectivity index is 1.83. The summed E-state index contributed by atoms with van der Waals surface area (Å²) in [6.07, 6.45) is 2.81. The van der Waals surface area contributed by atoms with Crippen LogP contribution in [0.4, 0.5) is 8.78 Å². The van der Waals surface area contributed by atoms with Crippen molar-refractivity contribution < 1.29 is 18.7 Å². The molecule has 1 aliphatic heterocycles. The molecule has 3 heterocycles. The quantitative estimate of drug-likeness (QED) is 0.288. The third-order valence-corrected chi connectivity index (χ3v) is 7.30. The smallest absolute Gasteiger partial charge is 0.321 e. The first-order valence-corrected chi connectivity index (χ1v) is 12.9. The average molecular weight is 547 g/mol. The predicted molar refractivity (Wildman–Crippen MR) is 148 cm³/mol. The Labute approximate surface area is 228 Å². The number of aromatic hydroxyl groups is 1. The Morgan fingerprint density at radius 2 is 1.85 bits per heavy atom. The van der Waals surface area contributed by atoms with E-state index < -0.39 is 28.5 Å². The molecule has 0 unspecified atom stereocenters. The first kappa shape index (κ1) is 27.0. The fraction of sp³-hybridized carbons (Fsp3) is 0.267. The second-order valence-electron chi connectivity index (χ2n) is 10.3. The zero-order valence-corrected chi connectivity index (χ0v) is 22.3. The highest BCUT2D eigenvalue weighted by atomic mass is 19.1. The second-order valence-corrected chi connectivity index (χ2v) is 10.3. The molecule has 1 saturated heterocycles. The molecule has 1 amide bonds. The first-order chi connectivity index (χ1) is 19.0. The number of rotatable bonds is 6. The van der Waals surface area contributed by atoms with Gasteiger partial charge in [-0.2, -0.15) is 0 Å². The van der Waals surface area contributed by atoms with Gasteiger partial charge in [-0.3, -0.25) is 23.9 Å². The van der Waals surface area contributed by atoms with Crippen LogP contribution < -0.4 is 11.1 Å².